The van der Waals surface area contributed by atoms with Gasteiger partial charge in [0.05, 0.1) is 11.0 Å². The molecule has 0 amide bonds. The minimum absolute atomic E-state index is 0.0304. The van der Waals surface area contributed by atoms with E-state index in [1.165, 1.54) is 4.31 Å². The highest BCUT2D eigenvalue weighted by atomic mass is 32.2. The van der Waals surface area contributed by atoms with Crippen LogP contribution in [0, 0.1) is 6.92 Å². The molecule has 0 aliphatic carbocycles. The van der Waals surface area contributed by atoms with Crippen molar-refractivity contribution in [2.24, 2.45) is 0 Å². The summed E-state index contributed by atoms with van der Waals surface area (Å²) in [5.74, 6) is 0. The van der Waals surface area contributed by atoms with Crippen LogP contribution in [0.2, 0.25) is 0 Å². The average Bonchev–Trinajstić information content (AvgIpc) is 2.97. The summed E-state index contributed by atoms with van der Waals surface area (Å²) in [4.78, 5) is 0.266. The zero-order chi connectivity index (χ0) is 18.0. The Kier molecular flexibility index (Phi) is 5.24. The van der Waals surface area contributed by atoms with Gasteiger partial charge < -0.3 is 10.4 Å². The summed E-state index contributed by atoms with van der Waals surface area (Å²) in [6.45, 7) is 4.30. The number of nitrogens with one attached hydrogen (secondary N) is 1. The first kappa shape index (κ1) is 18.1. The van der Waals surface area contributed by atoms with Gasteiger partial charge in [0.1, 0.15) is 0 Å². The van der Waals surface area contributed by atoms with Gasteiger partial charge in [0, 0.05) is 25.2 Å². The molecular formula is C19H24N2O3S. The standard InChI is InChI=1S/C19H24N2O3S/c1-14-8-10-17(11-9-14)25(23,24)21-12-18(19(22)13-21)20-15(2)16-6-4-3-5-7-16/h3-11,15,18-20,22H,12-13H2,1-2H3/t15-,18-,19-/m1/s1. The fourth-order valence-corrected chi connectivity index (χ4v) is 4.61. The first-order valence-electron chi connectivity index (χ1n) is 8.44. The van der Waals surface area contributed by atoms with E-state index in [4.69, 9.17) is 0 Å². The number of aliphatic hydroxyl groups excluding tert-OH is 1. The van der Waals surface area contributed by atoms with Crippen molar-refractivity contribution in [1.82, 2.24) is 9.62 Å². The van der Waals surface area contributed by atoms with E-state index in [-0.39, 0.29) is 30.1 Å². The summed E-state index contributed by atoms with van der Waals surface area (Å²) in [5, 5.41) is 13.7. The number of aryl methyl sites for hydroxylation is 1. The summed E-state index contributed by atoms with van der Waals surface area (Å²) in [7, 11) is -3.59. The molecular weight excluding hydrogens is 336 g/mol. The number of nitrogens with zero attached hydrogens (tertiary/aromatic N) is 1. The third-order valence-corrected chi connectivity index (χ3v) is 6.52. The predicted molar refractivity (Wildman–Crippen MR) is 97.7 cm³/mol. The highest BCUT2D eigenvalue weighted by Gasteiger charge is 2.38. The molecule has 6 heteroatoms. The zero-order valence-electron chi connectivity index (χ0n) is 14.5. The largest absolute Gasteiger partial charge is 0.390 e. The molecule has 1 heterocycles. The number of benzene rings is 2. The highest BCUT2D eigenvalue weighted by Crippen LogP contribution is 2.23. The van der Waals surface area contributed by atoms with Crippen LogP contribution in [0.3, 0.4) is 0 Å². The van der Waals surface area contributed by atoms with E-state index < -0.39 is 16.1 Å². The van der Waals surface area contributed by atoms with Crippen molar-refractivity contribution in [2.45, 2.75) is 36.9 Å². The Hall–Kier alpha value is -1.73. The van der Waals surface area contributed by atoms with E-state index in [1.807, 2.05) is 44.2 Å². The molecule has 2 aromatic rings. The molecule has 5 nitrogen and oxygen atoms in total. The van der Waals surface area contributed by atoms with Crippen LogP contribution >= 0.6 is 0 Å². The van der Waals surface area contributed by atoms with Crippen molar-refractivity contribution in [1.29, 1.82) is 0 Å². The van der Waals surface area contributed by atoms with Crippen molar-refractivity contribution in [3.63, 3.8) is 0 Å². The molecule has 2 N–H and O–H groups in total. The molecule has 2 aromatic carbocycles. The van der Waals surface area contributed by atoms with Crippen LogP contribution in [0.25, 0.3) is 0 Å². The first-order valence-corrected chi connectivity index (χ1v) is 9.88. The number of hydrogen-bond acceptors (Lipinski definition) is 4. The van der Waals surface area contributed by atoms with Crippen LogP contribution in [0.4, 0.5) is 0 Å². The zero-order valence-corrected chi connectivity index (χ0v) is 15.3. The Morgan fingerprint density at radius 1 is 1.08 bits per heavy atom. The Bertz CT molecular complexity index is 806. The number of sulfonamides is 1. The maximum Gasteiger partial charge on any atom is 0.243 e. The van der Waals surface area contributed by atoms with E-state index in [1.54, 1.807) is 24.3 Å². The Morgan fingerprint density at radius 2 is 1.72 bits per heavy atom. The van der Waals surface area contributed by atoms with E-state index in [9.17, 15) is 13.5 Å². The molecule has 0 radical (unpaired) electrons. The van der Waals surface area contributed by atoms with Crippen molar-refractivity contribution in [3.05, 3.63) is 65.7 Å². The van der Waals surface area contributed by atoms with E-state index in [0.29, 0.717) is 0 Å². The first-order chi connectivity index (χ1) is 11.9. The molecule has 0 bridgehead atoms. The minimum Gasteiger partial charge on any atom is -0.390 e. The maximum absolute atomic E-state index is 12.8. The second-order valence-electron chi connectivity index (χ2n) is 6.61. The van der Waals surface area contributed by atoms with Crippen LogP contribution < -0.4 is 5.32 Å². The van der Waals surface area contributed by atoms with Crippen LogP contribution in [0.15, 0.2) is 59.5 Å². The second kappa shape index (κ2) is 7.25. The number of β-amino-alcohol motifs (C(OH)–C–C–N with tert-alkyl or cyclic N) is 1. The van der Waals surface area contributed by atoms with E-state index in [2.05, 4.69) is 5.32 Å². The lowest BCUT2D eigenvalue weighted by atomic mass is 10.1. The van der Waals surface area contributed by atoms with Gasteiger partial charge in [-0.05, 0) is 31.5 Å². The molecule has 0 aromatic heterocycles. The molecule has 0 unspecified atom stereocenters. The van der Waals surface area contributed by atoms with Crippen LogP contribution in [0.1, 0.15) is 24.1 Å². The van der Waals surface area contributed by atoms with Gasteiger partial charge >= 0.3 is 0 Å². The summed E-state index contributed by atoms with van der Waals surface area (Å²) >= 11 is 0. The fourth-order valence-electron chi connectivity index (χ4n) is 3.13. The van der Waals surface area contributed by atoms with Crippen LogP contribution in [-0.2, 0) is 10.0 Å². The Balaban J connectivity index is 1.71. The lowest BCUT2D eigenvalue weighted by Crippen LogP contribution is -2.40. The molecule has 1 saturated heterocycles. The molecule has 0 spiro atoms. The van der Waals surface area contributed by atoms with Gasteiger partial charge in [-0.2, -0.15) is 4.31 Å². The van der Waals surface area contributed by atoms with Gasteiger partial charge in [-0.1, -0.05) is 48.0 Å². The van der Waals surface area contributed by atoms with Gasteiger partial charge in [-0.3, -0.25) is 0 Å². The Labute approximate surface area is 149 Å². The number of rotatable bonds is 5. The molecule has 1 fully saturated rings. The van der Waals surface area contributed by atoms with Crippen molar-refractivity contribution >= 4 is 10.0 Å². The molecule has 1 aliphatic rings. The van der Waals surface area contributed by atoms with Crippen molar-refractivity contribution < 1.29 is 13.5 Å². The van der Waals surface area contributed by atoms with Crippen LogP contribution in [-0.4, -0.2) is 43.1 Å². The SMILES string of the molecule is Cc1ccc(S(=O)(=O)N2C[C@@H](O)[C@H](N[C@H](C)c3ccccc3)C2)cc1. The van der Waals surface area contributed by atoms with Gasteiger partial charge in [0.25, 0.3) is 0 Å². The number of hydrogen-bond donors (Lipinski definition) is 2. The van der Waals surface area contributed by atoms with E-state index >= 15 is 0 Å². The monoisotopic (exact) mass is 360 g/mol. The molecule has 0 saturated carbocycles. The van der Waals surface area contributed by atoms with Crippen LogP contribution in [0.5, 0.6) is 0 Å². The van der Waals surface area contributed by atoms with Gasteiger partial charge in [-0.15, -0.1) is 0 Å². The van der Waals surface area contributed by atoms with Gasteiger partial charge in [0.2, 0.25) is 10.0 Å². The third kappa shape index (κ3) is 3.93. The lowest BCUT2D eigenvalue weighted by Gasteiger charge is -2.22. The molecule has 1 aliphatic heterocycles. The minimum atomic E-state index is -3.59. The number of aliphatic hydroxyl groups is 1. The summed E-state index contributed by atoms with van der Waals surface area (Å²) < 4.78 is 26.9. The normalized spacial score (nSPS) is 22.8. The fraction of sp³-hybridized carbons (Fsp3) is 0.368. The maximum atomic E-state index is 12.8. The summed E-state index contributed by atoms with van der Waals surface area (Å²) in [6, 6.07) is 16.4. The van der Waals surface area contributed by atoms with Gasteiger partial charge in [0.15, 0.2) is 0 Å². The molecule has 3 rings (SSSR count). The predicted octanol–water partition coefficient (Wildman–Crippen LogP) is 2.08. The third-order valence-electron chi connectivity index (χ3n) is 4.68. The molecule has 25 heavy (non-hydrogen) atoms. The quantitative estimate of drug-likeness (QED) is 0.857. The smallest absolute Gasteiger partial charge is 0.243 e. The molecule has 134 valence electrons. The van der Waals surface area contributed by atoms with Gasteiger partial charge in [-0.25, -0.2) is 8.42 Å². The average molecular weight is 360 g/mol. The molecule has 3 atom stereocenters. The van der Waals surface area contributed by atoms with E-state index in [0.717, 1.165) is 11.1 Å². The Morgan fingerprint density at radius 3 is 2.36 bits per heavy atom. The van der Waals surface area contributed by atoms with Crippen molar-refractivity contribution in [3.8, 4) is 0 Å². The summed E-state index contributed by atoms with van der Waals surface area (Å²) in [6.07, 6.45) is -0.730. The highest BCUT2D eigenvalue weighted by molar-refractivity contribution is 7.89. The van der Waals surface area contributed by atoms with Crippen molar-refractivity contribution in [2.75, 3.05) is 13.1 Å². The lowest BCUT2D eigenvalue weighted by molar-refractivity contribution is 0.155. The second-order valence-corrected chi connectivity index (χ2v) is 8.55. The summed E-state index contributed by atoms with van der Waals surface area (Å²) in [5.41, 5.74) is 2.12. The topological polar surface area (TPSA) is 69.6 Å².